The molecule has 0 aliphatic heterocycles. The molecule has 0 atom stereocenters. The zero-order valence-corrected chi connectivity index (χ0v) is 9.99. The molecule has 1 aromatic heterocycles. The Morgan fingerprint density at radius 2 is 2.24 bits per heavy atom. The van der Waals surface area contributed by atoms with Crippen molar-refractivity contribution in [2.24, 2.45) is 5.73 Å². The summed E-state index contributed by atoms with van der Waals surface area (Å²) in [5.41, 5.74) is 7.03. The van der Waals surface area contributed by atoms with E-state index in [9.17, 15) is 4.39 Å². The number of nitrogens with two attached hydrogens (primary N) is 1. The molecule has 5 heteroatoms. The minimum absolute atomic E-state index is 0.273. The van der Waals surface area contributed by atoms with Gasteiger partial charge in [-0.3, -0.25) is 4.68 Å². The van der Waals surface area contributed by atoms with E-state index in [0.717, 1.165) is 12.0 Å². The Kier molecular flexibility index (Phi) is 3.76. The van der Waals surface area contributed by atoms with E-state index in [4.69, 9.17) is 17.3 Å². The molecule has 0 amide bonds. The molecule has 0 fully saturated rings. The van der Waals surface area contributed by atoms with E-state index in [1.807, 2.05) is 6.20 Å². The first-order valence-electron chi connectivity index (χ1n) is 5.34. The molecule has 0 saturated carbocycles. The van der Waals surface area contributed by atoms with Crippen molar-refractivity contribution < 1.29 is 4.39 Å². The molecule has 17 heavy (non-hydrogen) atoms. The van der Waals surface area contributed by atoms with Gasteiger partial charge in [0.1, 0.15) is 5.82 Å². The molecule has 3 nitrogen and oxygen atoms in total. The summed E-state index contributed by atoms with van der Waals surface area (Å²) in [5.74, 6) is -0.273. The SMILES string of the molecule is NCCc1cnn(Cc2cc(Cl)ccc2F)c1. The Labute approximate surface area is 104 Å². The second-order valence-corrected chi connectivity index (χ2v) is 4.26. The number of hydrogen-bond donors (Lipinski definition) is 1. The third-order valence-corrected chi connectivity index (χ3v) is 2.69. The molecule has 0 aliphatic rings. The highest BCUT2D eigenvalue weighted by Crippen LogP contribution is 2.16. The molecule has 0 aliphatic carbocycles. The lowest BCUT2D eigenvalue weighted by molar-refractivity contribution is 0.585. The molecule has 0 radical (unpaired) electrons. The number of rotatable bonds is 4. The molecule has 0 bridgehead atoms. The van der Waals surface area contributed by atoms with E-state index in [1.54, 1.807) is 16.9 Å². The average molecular weight is 254 g/mol. The highest BCUT2D eigenvalue weighted by molar-refractivity contribution is 6.30. The van der Waals surface area contributed by atoms with Crippen LogP contribution in [0.5, 0.6) is 0 Å². The fraction of sp³-hybridized carbons (Fsp3) is 0.250. The van der Waals surface area contributed by atoms with Gasteiger partial charge in [-0.05, 0) is 36.7 Å². The fourth-order valence-corrected chi connectivity index (χ4v) is 1.82. The summed E-state index contributed by atoms with van der Waals surface area (Å²) in [5, 5.41) is 4.68. The van der Waals surface area contributed by atoms with Crippen LogP contribution in [0.2, 0.25) is 5.02 Å². The third kappa shape index (κ3) is 3.05. The maximum absolute atomic E-state index is 13.5. The van der Waals surface area contributed by atoms with Crippen LogP contribution in [0.25, 0.3) is 0 Å². The van der Waals surface area contributed by atoms with Gasteiger partial charge < -0.3 is 5.73 Å². The molecule has 0 saturated heterocycles. The quantitative estimate of drug-likeness (QED) is 0.908. The van der Waals surface area contributed by atoms with Gasteiger partial charge in [0.05, 0.1) is 12.7 Å². The summed E-state index contributed by atoms with van der Waals surface area (Å²) in [4.78, 5) is 0. The van der Waals surface area contributed by atoms with Crippen molar-refractivity contribution in [1.29, 1.82) is 0 Å². The van der Waals surface area contributed by atoms with Gasteiger partial charge in [-0.25, -0.2) is 4.39 Å². The molecule has 2 rings (SSSR count). The first-order valence-corrected chi connectivity index (χ1v) is 5.72. The molecule has 90 valence electrons. The number of halogens is 2. The van der Waals surface area contributed by atoms with Crippen molar-refractivity contribution in [3.8, 4) is 0 Å². The predicted molar refractivity (Wildman–Crippen MR) is 65.5 cm³/mol. The number of benzene rings is 1. The van der Waals surface area contributed by atoms with Crippen LogP contribution >= 0.6 is 11.6 Å². The van der Waals surface area contributed by atoms with E-state index in [-0.39, 0.29) is 5.82 Å². The van der Waals surface area contributed by atoms with E-state index >= 15 is 0 Å². The highest BCUT2D eigenvalue weighted by atomic mass is 35.5. The standard InChI is InChI=1S/C12H13ClFN3/c13-11-1-2-12(14)10(5-11)8-17-7-9(3-4-15)6-16-17/h1-2,5-7H,3-4,8,15H2. The summed E-state index contributed by atoms with van der Waals surface area (Å²) in [7, 11) is 0. The van der Waals surface area contributed by atoms with Crippen molar-refractivity contribution in [1.82, 2.24) is 9.78 Å². The van der Waals surface area contributed by atoms with Crippen LogP contribution in [0.3, 0.4) is 0 Å². The molecule has 2 N–H and O–H groups in total. The van der Waals surface area contributed by atoms with Crippen LogP contribution in [0.15, 0.2) is 30.6 Å². The normalized spacial score (nSPS) is 10.8. The molecule has 2 aromatic rings. The summed E-state index contributed by atoms with van der Waals surface area (Å²) in [6.45, 7) is 0.953. The van der Waals surface area contributed by atoms with Gasteiger partial charge in [-0.2, -0.15) is 5.10 Å². The molecular weight excluding hydrogens is 241 g/mol. The first kappa shape index (κ1) is 12.1. The second kappa shape index (κ2) is 5.29. The second-order valence-electron chi connectivity index (χ2n) is 3.82. The van der Waals surface area contributed by atoms with Gasteiger partial charge >= 0.3 is 0 Å². The fourth-order valence-electron chi connectivity index (χ4n) is 1.63. The zero-order chi connectivity index (χ0) is 12.3. The van der Waals surface area contributed by atoms with Crippen LogP contribution in [0.1, 0.15) is 11.1 Å². The minimum atomic E-state index is -0.273. The molecule has 1 heterocycles. The van der Waals surface area contributed by atoms with Crippen molar-refractivity contribution in [2.45, 2.75) is 13.0 Å². The van der Waals surface area contributed by atoms with Gasteiger partial charge in [0.25, 0.3) is 0 Å². The van der Waals surface area contributed by atoms with Crippen molar-refractivity contribution in [3.63, 3.8) is 0 Å². The van der Waals surface area contributed by atoms with E-state index < -0.39 is 0 Å². The molecule has 1 aromatic carbocycles. The van der Waals surface area contributed by atoms with Crippen LogP contribution in [0, 0.1) is 5.82 Å². The lowest BCUT2D eigenvalue weighted by Crippen LogP contribution is -2.03. The summed E-state index contributed by atoms with van der Waals surface area (Å²) in [6.07, 6.45) is 4.39. The van der Waals surface area contributed by atoms with E-state index in [2.05, 4.69) is 5.10 Å². The van der Waals surface area contributed by atoms with Crippen LogP contribution < -0.4 is 5.73 Å². The lowest BCUT2D eigenvalue weighted by Gasteiger charge is -2.04. The Bertz CT molecular complexity index is 510. The van der Waals surface area contributed by atoms with Crippen LogP contribution in [-0.2, 0) is 13.0 Å². The van der Waals surface area contributed by atoms with Gasteiger partial charge in [-0.15, -0.1) is 0 Å². The van der Waals surface area contributed by atoms with Crippen molar-refractivity contribution in [2.75, 3.05) is 6.54 Å². The summed E-state index contributed by atoms with van der Waals surface area (Å²) < 4.78 is 15.2. The minimum Gasteiger partial charge on any atom is -0.330 e. The molecule has 0 unspecified atom stereocenters. The van der Waals surface area contributed by atoms with Gasteiger partial charge in [0.2, 0.25) is 0 Å². The number of nitrogens with zero attached hydrogens (tertiary/aromatic N) is 2. The van der Waals surface area contributed by atoms with Gasteiger partial charge in [0.15, 0.2) is 0 Å². The predicted octanol–water partition coefficient (Wildman–Crippen LogP) is 2.23. The van der Waals surface area contributed by atoms with E-state index in [1.165, 1.54) is 12.1 Å². The zero-order valence-electron chi connectivity index (χ0n) is 9.24. The first-order chi connectivity index (χ1) is 8.19. The average Bonchev–Trinajstić information content (AvgIpc) is 2.72. The maximum atomic E-state index is 13.5. The summed E-state index contributed by atoms with van der Waals surface area (Å²) >= 11 is 5.83. The Hall–Kier alpha value is -1.39. The van der Waals surface area contributed by atoms with Gasteiger partial charge in [0, 0.05) is 16.8 Å². The van der Waals surface area contributed by atoms with Crippen molar-refractivity contribution >= 4 is 11.6 Å². The van der Waals surface area contributed by atoms with Crippen LogP contribution in [0.4, 0.5) is 4.39 Å². The van der Waals surface area contributed by atoms with Crippen LogP contribution in [-0.4, -0.2) is 16.3 Å². The van der Waals surface area contributed by atoms with Gasteiger partial charge in [-0.1, -0.05) is 11.6 Å². The van der Waals surface area contributed by atoms with Crippen molar-refractivity contribution in [3.05, 3.63) is 52.6 Å². The summed E-state index contributed by atoms with van der Waals surface area (Å²) in [6, 6.07) is 4.51. The maximum Gasteiger partial charge on any atom is 0.128 e. The molecule has 0 spiro atoms. The largest absolute Gasteiger partial charge is 0.330 e. The third-order valence-electron chi connectivity index (χ3n) is 2.46. The topological polar surface area (TPSA) is 43.8 Å². The Morgan fingerprint density at radius 1 is 1.41 bits per heavy atom. The Balaban J connectivity index is 2.16. The monoisotopic (exact) mass is 253 g/mol. The molecular formula is C12H13ClFN3. The van der Waals surface area contributed by atoms with E-state index in [0.29, 0.717) is 23.7 Å². The number of hydrogen-bond acceptors (Lipinski definition) is 2. The highest BCUT2D eigenvalue weighted by Gasteiger charge is 2.05. The lowest BCUT2D eigenvalue weighted by atomic mass is 10.2. The Morgan fingerprint density at radius 3 is 3.00 bits per heavy atom. The smallest absolute Gasteiger partial charge is 0.128 e. The number of aromatic nitrogens is 2.